The molecule has 0 radical (unpaired) electrons. The highest BCUT2D eigenvalue weighted by molar-refractivity contribution is 9.10. The number of fused-ring (bicyclic) bond motifs is 3. The quantitative estimate of drug-likeness (QED) is 0.579. The summed E-state index contributed by atoms with van der Waals surface area (Å²) < 4.78 is 7.62. The third-order valence-electron chi connectivity index (χ3n) is 6.38. The van der Waals surface area contributed by atoms with Crippen molar-refractivity contribution < 1.29 is 9.84 Å². The van der Waals surface area contributed by atoms with E-state index in [1.807, 2.05) is 42.5 Å². The van der Waals surface area contributed by atoms with E-state index in [4.69, 9.17) is 22.1 Å². The van der Waals surface area contributed by atoms with Crippen LogP contribution >= 0.6 is 27.5 Å². The van der Waals surface area contributed by atoms with Crippen LogP contribution in [0.25, 0.3) is 0 Å². The van der Waals surface area contributed by atoms with Gasteiger partial charge in [-0.15, -0.1) is 0 Å². The molecule has 1 aromatic heterocycles. The summed E-state index contributed by atoms with van der Waals surface area (Å²) in [6.45, 7) is 0.325. The number of pyridine rings is 1. The molecule has 2 aromatic carbocycles. The van der Waals surface area contributed by atoms with E-state index in [1.165, 1.54) is 0 Å². The molecule has 0 saturated heterocycles. The number of rotatable bonds is 3. The lowest BCUT2D eigenvalue weighted by Crippen LogP contribution is -2.51. The van der Waals surface area contributed by atoms with Crippen molar-refractivity contribution in [2.75, 3.05) is 6.54 Å². The number of nitrogens with zero attached hydrogens (tertiary/aromatic N) is 1. The van der Waals surface area contributed by atoms with Gasteiger partial charge in [-0.25, -0.2) is 0 Å². The molecule has 3 aromatic rings. The monoisotopic (exact) mass is 470 g/mol. The molecular weight excluding hydrogens is 452 g/mol. The van der Waals surface area contributed by atoms with Crippen molar-refractivity contribution in [2.24, 2.45) is 11.7 Å². The summed E-state index contributed by atoms with van der Waals surface area (Å²) in [5.41, 5.74) is 6.28. The van der Waals surface area contributed by atoms with Crippen molar-refractivity contribution in [3.63, 3.8) is 0 Å². The van der Waals surface area contributed by atoms with Crippen molar-refractivity contribution >= 4 is 27.5 Å². The van der Waals surface area contributed by atoms with E-state index in [1.54, 1.807) is 12.3 Å². The number of halogens is 2. The summed E-state index contributed by atoms with van der Waals surface area (Å²) in [6.07, 6.45) is 2.25. The Morgan fingerprint density at radius 1 is 1.17 bits per heavy atom. The molecule has 6 heteroatoms. The van der Waals surface area contributed by atoms with Gasteiger partial charge in [-0.3, -0.25) is 4.98 Å². The fourth-order valence-electron chi connectivity index (χ4n) is 5.17. The SMILES string of the molecule is NC[C@@H]1C[C@@H](c2ccccc2)[C@]2(c3ccc(Br)cc3)Oc3cc(Cl)cnc3[C@]12O. The molecule has 29 heavy (non-hydrogen) atoms. The predicted octanol–water partition coefficient (Wildman–Crippen LogP) is 4.74. The molecule has 1 aliphatic heterocycles. The molecule has 3 N–H and O–H groups in total. The van der Waals surface area contributed by atoms with Crippen LogP contribution in [-0.4, -0.2) is 16.6 Å². The van der Waals surface area contributed by atoms with Crippen LogP contribution in [0.4, 0.5) is 0 Å². The van der Waals surface area contributed by atoms with E-state index in [-0.39, 0.29) is 11.8 Å². The van der Waals surface area contributed by atoms with Gasteiger partial charge in [0.25, 0.3) is 0 Å². The van der Waals surface area contributed by atoms with Crippen molar-refractivity contribution in [2.45, 2.75) is 23.5 Å². The van der Waals surface area contributed by atoms with E-state index in [0.717, 1.165) is 15.6 Å². The number of benzene rings is 2. The van der Waals surface area contributed by atoms with Crippen LogP contribution in [0.2, 0.25) is 5.02 Å². The molecule has 148 valence electrons. The van der Waals surface area contributed by atoms with E-state index < -0.39 is 11.2 Å². The zero-order valence-corrected chi connectivity index (χ0v) is 17.9. The van der Waals surface area contributed by atoms with E-state index in [0.29, 0.717) is 29.4 Å². The van der Waals surface area contributed by atoms with Crippen LogP contribution in [0.15, 0.2) is 71.3 Å². The second-order valence-corrected chi connectivity index (χ2v) is 9.09. The Morgan fingerprint density at radius 3 is 2.59 bits per heavy atom. The van der Waals surface area contributed by atoms with Gasteiger partial charge in [0, 0.05) is 28.6 Å². The van der Waals surface area contributed by atoms with Gasteiger partial charge in [-0.2, -0.15) is 0 Å². The number of aliphatic hydroxyl groups is 1. The van der Waals surface area contributed by atoms with Crippen LogP contribution in [0.5, 0.6) is 5.75 Å². The van der Waals surface area contributed by atoms with Crippen molar-refractivity contribution in [3.05, 3.63) is 93.2 Å². The predicted molar refractivity (Wildman–Crippen MR) is 116 cm³/mol. The Morgan fingerprint density at radius 2 is 1.90 bits per heavy atom. The minimum absolute atomic E-state index is 0.101. The van der Waals surface area contributed by atoms with Gasteiger partial charge in [0.05, 0.1) is 5.02 Å². The van der Waals surface area contributed by atoms with E-state index in [2.05, 4.69) is 33.0 Å². The summed E-state index contributed by atoms with van der Waals surface area (Å²) >= 11 is 9.71. The molecule has 2 heterocycles. The van der Waals surface area contributed by atoms with Gasteiger partial charge in [0.1, 0.15) is 11.4 Å². The molecule has 0 spiro atoms. The maximum Gasteiger partial charge on any atom is 0.175 e. The van der Waals surface area contributed by atoms with Gasteiger partial charge >= 0.3 is 0 Å². The van der Waals surface area contributed by atoms with E-state index >= 15 is 0 Å². The minimum atomic E-state index is -1.37. The Balaban J connectivity index is 1.81. The summed E-state index contributed by atoms with van der Waals surface area (Å²) in [4.78, 5) is 4.52. The van der Waals surface area contributed by atoms with Crippen LogP contribution in [0.3, 0.4) is 0 Å². The third kappa shape index (κ3) is 2.55. The first kappa shape index (κ1) is 19.1. The molecular formula is C23H20BrClN2O2. The van der Waals surface area contributed by atoms with E-state index in [9.17, 15) is 5.11 Å². The van der Waals surface area contributed by atoms with Crippen LogP contribution in [0.1, 0.15) is 29.2 Å². The zero-order chi connectivity index (χ0) is 20.2. The second kappa shape index (κ2) is 6.81. The highest BCUT2D eigenvalue weighted by Crippen LogP contribution is 2.68. The topological polar surface area (TPSA) is 68.4 Å². The molecule has 4 nitrogen and oxygen atoms in total. The summed E-state index contributed by atoms with van der Waals surface area (Å²) in [7, 11) is 0. The van der Waals surface area contributed by atoms with Gasteiger partial charge in [-0.1, -0.05) is 70.0 Å². The Hall–Kier alpha value is -1.92. The number of nitrogens with two attached hydrogens (primary N) is 1. The van der Waals surface area contributed by atoms with Gasteiger partial charge in [0.2, 0.25) is 0 Å². The number of hydrogen-bond acceptors (Lipinski definition) is 4. The maximum atomic E-state index is 12.3. The summed E-state index contributed by atoms with van der Waals surface area (Å²) in [6, 6.07) is 19.8. The second-order valence-electron chi connectivity index (χ2n) is 7.74. The fraction of sp³-hybridized carbons (Fsp3) is 0.261. The highest BCUT2D eigenvalue weighted by Gasteiger charge is 2.72. The molecule has 0 bridgehead atoms. The Kier molecular flexibility index (Phi) is 4.48. The van der Waals surface area contributed by atoms with Gasteiger partial charge in [-0.05, 0) is 36.2 Å². The van der Waals surface area contributed by atoms with Crippen LogP contribution in [0, 0.1) is 5.92 Å². The lowest BCUT2D eigenvalue weighted by molar-refractivity contribution is -0.127. The maximum absolute atomic E-state index is 12.3. The normalized spacial score (nSPS) is 29.9. The largest absolute Gasteiger partial charge is 0.476 e. The standard InChI is InChI=1S/C23H20BrClN2O2/c24-17-8-6-15(7-9-17)23-19(14-4-2-1-3-5-14)10-16(12-26)22(23,28)21-20(29-23)11-18(25)13-27-21/h1-9,11,13,16,19,28H,10,12,26H2/t16-,19-,22+,23-/m0/s1. The lowest BCUT2D eigenvalue weighted by atomic mass is 9.71. The zero-order valence-electron chi connectivity index (χ0n) is 15.6. The average Bonchev–Trinajstić information content (AvgIpc) is 3.13. The molecule has 4 atom stereocenters. The highest BCUT2D eigenvalue weighted by atomic mass is 79.9. The van der Waals surface area contributed by atoms with Crippen LogP contribution < -0.4 is 10.5 Å². The smallest absolute Gasteiger partial charge is 0.175 e. The number of hydrogen-bond donors (Lipinski definition) is 2. The first-order chi connectivity index (χ1) is 14.0. The van der Waals surface area contributed by atoms with Crippen molar-refractivity contribution in [1.29, 1.82) is 0 Å². The molecule has 0 unspecified atom stereocenters. The molecule has 5 rings (SSSR count). The van der Waals surface area contributed by atoms with Crippen molar-refractivity contribution in [1.82, 2.24) is 4.98 Å². The number of ether oxygens (including phenoxy) is 1. The fourth-order valence-corrected chi connectivity index (χ4v) is 5.58. The first-order valence-electron chi connectivity index (χ1n) is 9.59. The number of aromatic nitrogens is 1. The van der Waals surface area contributed by atoms with Crippen LogP contribution in [-0.2, 0) is 11.2 Å². The molecule has 0 amide bonds. The Labute approximate surface area is 182 Å². The average molecular weight is 472 g/mol. The van der Waals surface area contributed by atoms with Gasteiger partial charge < -0.3 is 15.6 Å². The summed E-state index contributed by atoms with van der Waals surface area (Å²) in [5.74, 6) is 0.199. The third-order valence-corrected chi connectivity index (χ3v) is 7.11. The first-order valence-corrected chi connectivity index (χ1v) is 10.8. The molecule has 1 saturated carbocycles. The Bertz CT molecular complexity index is 1060. The molecule has 1 fully saturated rings. The van der Waals surface area contributed by atoms with Gasteiger partial charge in [0.15, 0.2) is 11.2 Å². The molecule has 1 aliphatic carbocycles. The van der Waals surface area contributed by atoms with Crippen molar-refractivity contribution in [3.8, 4) is 5.75 Å². The lowest BCUT2D eigenvalue weighted by Gasteiger charge is -2.41. The summed E-state index contributed by atoms with van der Waals surface area (Å²) in [5, 5.41) is 12.8. The molecule has 2 aliphatic rings. The minimum Gasteiger partial charge on any atom is -0.476 e.